The van der Waals surface area contributed by atoms with Crippen molar-refractivity contribution in [1.29, 1.82) is 0 Å². The second-order valence-corrected chi connectivity index (χ2v) is 2.94. The molecule has 14 heavy (non-hydrogen) atoms. The summed E-state index contributed by atoms with van der Waals surface area (Å²) in [6.45, 7) is 1.64. The lowest BCUT2D eigenvalue weighted by Crippen LogP contribution is -2.32. The molecule has 6 nitrogen and oxygen atoms in total. The smallest absolute Gasteiger partial charge is 0.239 e. The van der Waals surface area contributed by atoms with Crippen LogP contribution in [0.25, 0.3) is 0 Å². The number of nitrogens with one attached hydrogen (secondary N) is 1. The summed E-state index contributed by atoms with van der Waals surface area (Å²) in [4.78, 5) is 14.7. The minimum Gasteiger partial charge on any atom is -0.396 e. The van der Waals surface area contributed by atoms with E-state index in [1.807, 2.05) is 0 Å². The van der Waals surface area contributed by atoms with Crippen LogP contribution in [0.15, 0.2) is 12.1 Å². The standard InChI is InChI=1S/C8H13N5O/c1-4(8(11)14)12-6-3-2-5(9)7(10)13-6/h2-4H,9H2,1H3,(H2,11,14)(H3,10,12,13). The third-order valence-electron chi connectivity index (χ3n) is 1.75. The second kappa shape index (κ2) is 3.82. The van der Waals surface area contributed by atoms with Gasteiger partial charge in [0.05, 0.1) is 5.69 Å². The van der Waals surface area contributed by atoms with Gasteiger partial charge < -0.3 is 22.5 Å². The van der Waals surface area contributed by atoms with Gasteiger partial charge in [0.15, 0.2) is 0 Å². The summed E-state index contributed by atoms with van der Waals surface area (Å²) in [6, 6.07) is 2.74. The van der Waals surface area contributed by atoms with Gasteiger partial charge >= 0.3 is 0 Å². The highest BCUT2D eigenvalue weighted by molar-refractivity contribution is 5.82. The van der Waals surface area contributed by atoms with Crippen LogP contribution in [-0.4, -0.2) is 16.9 Å². The normalized spacial score (nSPS) is 12.1. The fourth-order valence-electron chi connectivity index (χ4n) is 0.859. The Bertz CT molecular complexity index is 352. The molecule has 7 N–H and O–H groups in total. The zero-order valence-electron chi connectivity index (χ0n) is 7.82. The van der Waals surface area contributed by atoms with E-state index in [-0.39, 0.29) is 5.82 Å². The number of anilines is 3. The van der Waals surface area contributed by atoms with Crippen molar-refractivity contribution in [2.75, 3.05) is 16.8 Å². The van der Waals surface area contributed by atoms with Gasteiger partial charge in [-0.3, -0.25) is 4.79 Å². The highest BCUT2D eigenvalue weighted by Crippen LogP contribution is 2.14. The van der Waals surface area contributed by atoms with Crippen LogP contribution in [0.1, 0.15) is 6.92 Å². The van der Waals surface area contributed by atoms with Crippen molar-refractivity contribution in [3.63, 3.8) is 0 Å². The summed E-state index contributed by atoms with van der Waals surface area (Å²) < 4.78 is 0. The maximum Gasteiger partial charge on any atom is 0.239 e. The van der Waals surface area contributed by atoms with E-state index in [1.54, 1.807) is 19.1 Å². The zero-order chi connectivity index (χ0) is 10.7. The molecular formula is C8H13N5O. The summed E-state index contributed by atoms with van der Waals surface area (Å²) in [5, 5.41) is 2.79. The van der Waals surface area contributed by atoms with Gasteiger partial charge in [-0.2, -0.15) is 0 Å². The molecule has 1 aromatic heterocycles. The molecule has 0 spiro atoms. The first kappa shape index (κ1) is 10.1. The lowest BCUT2D eigenvalue weighted by atomic mass is 10.3. The maximum absolute atomic E-state index is 10.7. The molecule has 1 rings (SSSR count). The van der Waals surface area contributed by atoms with Gasteiger partial charge in [-0.25, -0.2) is 4.98 Å². The number of nitrogens with two attached hydrogens (primary N) is 3. The van der Waals surface area contributed by atoms with Crippen molar-refractivity contribution >= 4 is 23.2 Å². The molecule has 1 heterocycles. The van der Waals surface area contributed by atoms with Crippen LogP contribution in [0, 0.1) is 0 Å². The highest BCUT2D eigenvalue weighted by Gasteiger charge is 2.08. The van der Waals surface area contributed by atoms with E-state index in [4.69, 9.17) is 17.2 Å². The number of hydrogen-bond donors (Lipinski definition) is 4. The van der Waals surface area contributed by atoms with Gasteiger partial charge in [0.25, 0.3) is 0 Å². The van der Waals surface area contributed by atoms with Crippen LogP contribution >= 0.6 is 0 Å². The van der Waals surface area contributed by atoms with Gasteiger partial charge in [0.2, 0.25) is 5.91 Å². The molecule has 0 saturated carbocycles. The molecule has 0 aromatic carbocycles. The van der Waals surface area contributed by atoms with Crippen molar-refractivity contribution in [3.8, 4) is 0 Å². The van der Waals surface area contributed by atoms with Gasteiger partial charge in [-0.05, 0) is 19.1 Å². The van der Waals surface area contributed by atoms with Crippen LogP contribution < -0.4 is 22.5 Å². The largest absolute Gasteiger partial charge is 0.396 e. The van der Waals surface area contributed by atoms with Crippen LogP contribution in [0.4, 0.5) is 17.3 Å². The maximum atomic E-state index is 10.7. The minimum atomic E-state index is -0.495. The molecule has 0 bridgehead atoms. The molecule has 0 aliphatic carbocycles. The Morgan fingerprint density at radius 3 is 2.64 bits per heavy atom. The predicted molar refractivity (Wildman–Crippen MR) is 55.3 cm³/mol. The molecule has 1 aromatic rings. The van der Waals surface area contributed by atoms with Gasteiger partial charge in [-0.15, -0.1) is 0 Å². The third kappa shape index (κ3) is 2.25. The van der Waals surface area contributed by atoms with Crippen molar-refractivity contribution in [2.24, 2.45) is 5.73 Å². The molecule has 1 amide bonds. The average Bonchev–Trinajstić information content (AvgIpc) is 2.11. The second-order valence-electron chi connectivity index (χ2n) is 2.94. The summed E-state index contributed by atoms with van der Waals surface area (Å²) >= 11 is 0. The summed E-state index contributed by atoms with van der Waals surface area (Å²) in [5.41, 5.74) is 16.4. The number of nitrogens with zero attached hydrogens (tertiary/aromatic N) is 1. The quantitative estimate of drug-likeness (QED) is 0.519. The highest BCUT2D eigenvalue weighted by atomic mass is 16.1. The molecule has 6 heteroatoms. The number of rotatable bonds is 3. The van der Waals surface area contributed by atoms with Crippen molar-refractivity contribution < 1.29 is 4.79 Å². The fraction of sp³-hybridized carbons (Fsp3) is 0.250. The first-order valence-corrected chi connectivity index (χ1v) is 4.08. The van der Waals surface area contributed by atoms with Crippen LogP contribution in [-0.2, 0) is 4.79 Å². The van der Waals surface area contributed by atoms with Crippen LogP contribution in [0.5, 0.6) is 0 Å². The number of pyridine rings is 1. The first-order valence-electron chi connectivity index (χ1n) is 4.08. The first-order chi connectivity index (χ1) is 6.50. The Morgan fingerprint density at radius 1 is 1.50 bits per heavy atom. The Labute approximate surface area is 81.5 Å². The Kier molecular flexibility index (Phi) is 2.76. The molecule has 0 aliphatic heterocycles. The van der Waals surface area contributed by atoms with Crippen LogP contribution in [0.2, 0.25) is 0 Å². The van der Waals surface area contributed by atoms with Gasteiger partial charge in [0, 0.05) is 0 Å². The minimum absolute atomic E-state index is 0.228. The molecule has 0 saturated heterocycles. The van der Waals surface area contributed by atoms with E-state index in [0.29, 0.717) is 11.5 Å². The van der Waals surface area contributed by atoms with E-state index < -0.39 is 11.9 Å². The number of hydrogen-bond acceptors (Lipinski definition) is 5. The fourth-order valence-corrected chi connectivity index (χ4v) is 0.859. The number of nitrogen functional groups attached to an aromatic ring is 2. The van der Waals surface area contributed by atoms with Crippen LogP contribution in [0.3, 0.4) is 0 Å². The number of carbonyl (C=O) groups excluding carboxylic acids is 1. The summed E-state index contributed by atoms with van der Waals surface area (Å²) in [7, 11) is 0. The summed E-state index contributed by atoms with van der Waals surface area (Å²) in [6.07, 6.45) is 0. The summed E-state index contributed by atoms with van der Waals surface area (Å²) in [5.74, 6) is 0.247. The lowest BCUT2D eigenvalue weighted by molar-refractivity contribution is -0.118. The van der Waals surface area contributed by atoms with E-state index in [9.17, 15) is 4.79 Å². The Balaban J connectivity index is 2.78. The topological polar surface area (TPSA) is 120 Å². The van der Waals surface area contributed by atoms with E-state index in [1.165, 1.54) is 0 Å². The number of primary amides is 1. The number of amides is 1. The molecular weight excluding hydrogens is 182 g/mol. The van der Waals surface area contributed by atoms with Crippen molar-refractivity contribution in [2.45, 2.75) is 13.0 Å². The molecule has 1 unspecified atom stereocenters. The molecule has 0 radical (unpaired) electrons. The SMILES string of the molecule is CC(Nc1ccc(N)c(N)n1)C(N)=O. The van der Waals surface area contributed by atoms with Crippen molar-refractivity contribution in [1.82, 2.24) is 4.98 Å². The zero-order valence-corrected chi connectivity index (χ0v) is 7.82. The molecule has 0 fully saturated rings. The van der Waals surface area contributed by atoms with E-state index >= 15 is 0 Å². The van der Waals surface area contributed by atoms with Crippen molar-refractivity contribution in [3.05, 3.63) is 12.1 Å². The van der Waals surface area contributed by atoms with Gasteiger partial charge in [0.1, 0.15) is 17.7 Å². The lowest BCUT2D eigenvalue weighted by Gasteiger charge is -2.11. The Morgan fingerprint density at radius 2 is 2.14 bits per heavy atom. The monoisotopic (exact) mass is 195 g/mol. The van der Waals surface area contributed by atoms with E-state index in [0.717, 1.165) is 0 Å². The predicted octanol–water partition coefficient (Wildman–Crippen LogP) is -0.468. The molecule has 0 aliphatic rings. The van der Waals surface area contributed by atoms with Gasteiger partial charge in [-0.1, -0.05) is 0 Å². The number of carbonyl (C=O) groups is 1. The van der Waals surface area contributed by atoms with E-state index in [2.05, 4.69) is 10.3 Å². The third-order valence-corrected chi connectivity index (χ3v) is 1.75. The molecule has 1 atom stereocenters. The Hall–Kier alpha value is -1.98. The average molecular weight is 195 g/mol. The number of aromatic nitrogens is 1. The molecule has 76 valence electrons.